The van der Waals surface area contributed by atoms with Gasteiger partial charge in [0.05, 0.1) is 5.01 Å². The van der Waals surface area contributed by atoms with Crippen molar-refractivity contribution in [2.45, 2.75) is 39.0 Å². The van der Waals surface area contributed by atoms with E-state index in [2.05, 4.69) is 17.2 Å². The van der Waals surface area contributed by atoms with E-state index in [0.29, 0.717) is 45.0 Å². The second-order valence-electron chi connectivity index (χ2n) is 6.71. The van der Waals surface area contributed by atoms with E-state index in [9.17, 15) is 14.7 Å². The van der Waals surface area contributed by atoms with Gasteiger partial charge in [0, 0.05) is 31.5 Å². The van der Waals surface area contributed by atoms with Gasteiger partial charge in [-0.05, 0) is 37.0 Å². The Labute approximate surface area is 175 Å². The number of aromatic hydroxyl groups is 1. The van der Waals surface area contributed by atoms with Gasteiger partial charge in [0.1, 0.15) is 18.2 Å². The highest BCUT2D eigenvalue weighted by Gasteiger charge is 2.11. The fraction of sp³-hybridized carbons (Fsp3) is 0.476. The van der Waals surface area contributed by atoms with Crippen LogP contribution in [0.5, 0.6) is 5.75 Å². The summed E-state index contributed by atoms with van der Waals surface area (Å²) in [4.78, 5) is 29.3. The summed E-state index contributed by atoms with van der Waals surface area (Å²) in [5.74, 6) is 0.0400. The third-order valence-corrected chi connectivity index (χ3v) is 5.21. The van der Waals surface area contributed by atoms with Crippen molar-refractivity contribution in [1.29, 1.82) is 0 Å². The van der Waals surface area contributed by atoms with Crippen molar-refractivity contribution in [3.05, 3.63) is 45.9 Å². The molecular formula is C21H29N3O4S. The van der Waals surface area contributed by atoms with Crippen LogP contribution in [0.25, 0.3) is 0 Å². The summed E-state index contributed by atoms with van der Waals surface area (Å²) in [5, 5.41) is 14.8. The first kappa shape index (κ1) is 22.8. The van der Waals surface area contributed by atoms with Crippen LogP contribution in [0.15, 0.2) is 29.6 Å². The Morgan fingerprint density at radius 1 is 1.28 bits per heavy atom. The number of amides is 2. The van der Waals surface area contributed by atoms with E-state index in [1.54, 1.807) is 22.4 Å². The number of phenolic OH excluding ortho intramolecular Hbond substituents is 1. The molecule has 2 rings (SSSR count). The van der Waals surface area contributed by atoms with Crippen LogP contribution in [0, 0.1) is 0 Å². The monoisotopic (exact) mass is 419 g/mol. The summed E-state index contributed by atoms with van der Waals surface area (Å²) in [7, 11) is 0. The van der Waals surface area contributed by atoms with Gasteiger partial charge >= 0.3 is 0 Å². The largest absolute Gasteiger partial charge is 0.508 e. The predicted octanol–water partition coefficient (Wildman–Crippen LogP) is 2.99. The maximum Gasteiger partial charge on any atom is 0.270 e. The number of carbonyl (C=O) groups is 2. The molecule has 0 saturated heterocycles. The molecule has 2 N–H and O–H groups in total. The molecule has 1 aromatic carbocycles. The van der Waals surface area contributed by atoms with E-state index in [1.165, 1.54) is 11.3 Å². The van der Waals surface area contributed by atoms with E-state index in [0.717, 1.165) is 36.2 Å². The molecule has 29 heavy (non-hydrogen) atoms. The zero-order chi connectivity index (χ0) is 20.9. The number of unbranched alkanes of at least 4 members (excludes halogenated alkanes) is 1. The number of thiazole rings is 1. The van der Waals surface area contributed by atoms with Crippen LogP contribution in [0.3, 0.4) is 0 Å². The van der Waals surface area contributed by atoms with E-state index in [1.807, 2.05) is 12.1 Å². The first-order valence-electron chi connectivity index (χ1n) is 9.90. The molecule has 0 atom stereocenters. The molecule has 0 unspecified atom stereocenters. The molecule has 0 aliphatic carbocycles. The lowest BCUT2D eigenvalue weighted by Crippen LogP contribution is -2.27. The van der Waals surface area contributed by atoms with E-state index in [4.69, 9.17) is 4.74 Å². The van der Waals surface area contributed by atoms with Crippen molar-refractivity contribution < 1.29 is 19.4 Å². The van der Waals surface area contributed by atoms with Gasteiger partial charge in [0.15, 0.2) is 0 Å². The molecule has 0 saturated carbocycles. The van der Waals surface area contributed by atoms with Gasteiger partial charge in [-0.25, -0.2) is 4.98 Å². The van der Waals surface area contributed by atoms with Crippen LogP contribution in [0.4, 0.5) is 0 Å². The number of nitrogens with zero attached hydrogens (tertiary/aromatic N) is 2. The maximum absolute atomic E-state index is 12.2. The second kappa shape index (κ2) is 12.9. The van der Waals surface area contributed by atoms with Gasteiger partial charge in [0.2, 0.25) is 6.41 Å². The fourth-order valence-corrected chi connectivity index (χ4v) is 3.43. The predicted molar refractivity (Wildman–Crippen MR) is 113 cm³/mol. The molecule has 1 heterocycles. The van der Waals surface area contributed by atoms with Crippen LogP contribution in [0.1, 0.15) is 47.2 Å². The molecule has 158 valence electrons. The van der Waals surface area contributed by atoms with Gasteiger partial charge < -0.3 is 20.1 Å². The Morgan fingerprint density at radius 3 is 2.79 bits per heavy atom. The molecule has 7 nitrogen and oxygen atoms in total. The Kier molecular flexibility index (Phi) is 10.2. The van der Waals surface area contributed by atoms with Crippen LogP contribution < -0.4 is 5.32 Å². The third kappa shape index (κ3) is 8.62. The Hall–Kier alpha value is -2.45. The topological polar surface area (TPSA) is 91.8 Å². The SMILES string of the molecule is CCCCOCN(C=O)CCCc1nc(C(=O)NCCc2ccc(O)cc2)cs1. The van der Waals surface area contributed by atoms with Gasteiger partial charge in [-0.2, -0.15) is 0 Å². The summed E-state index contributed by atoms with van der Waals surface area (Å²) in [6, 6.07) is 6.93. The van der Waals surface area contributed by atoms with E-state index < -0.39 is 0 Å². The maximum atomic E-state index is 12.2. The Bertz CT molecular complexity index is 749. The quantitative estimate of drug-likeness (QED) is 0.279. The van der Waals surface area contributed by atoms with Gasteiger partial charge in [-0.3, -0.25) is 9.59 Å². The zero-order valence-electron chi connectivity index (χ0n) is 16.8. The van der Waals surface area contributed by atoms with Gasteiger partial charge in [-0.1, -0.05) is 25.5 Å². The highest BCUT2D eigenvalue weighted by atomic mass is 32.1. The van der Waals surface area contributed by atoms with Crippen LogP contribution in [-0.2, 0) is 22.4 Å². The number of carbonyl (C=O) groups excluding carboxylic acids is 2. The minimum absolute atomic E-state index is 0.190. The number of phenols is 1. The molecule has 8 heteroatoms. The molecule has 0 aliphatic heterocycles. The summed E-state index contributed by atoms with van der Waals surface area (Å²) < 4.78 is 5.46. The van der Waals surface area contributed by atoms with E-state index >= 15 is 0 Å². The summed E-state index contributed by atoms with van der Waals surface area (Å²) in [6.07, 6.45) is 5.03. The summed E-state index contributed by atoms with van der Waals surface area (Å²) in [5.41, 5.74) is 1.46. The number of rotatable bonds is 14. The molecule has 0 bridgehead atoms. The van der Waals surface area contributed by atoms with Crippen molar-refractivity contribution in [2.24, 2.45) is 0 Å². The number of nitrogens with one attached hydrogen (secondary N) is 1. The molecular weight excluding hydrogens is 390 g/mol. The lowest BCUT2D eigenvalue weighted by Gasteiger charge is -2.16. The normalized spacial score (nSPS) is 10.7. The minimum Gasteiger partial charge on any atom is -0.508 e. The van der Waals surface area contributed by atoms with Crippen molar-refractivity contribution >= 4 is 23.7 Å². The molecule has 2 aromatic rings. The number of aryl methyl sites for hydroxylation is 1. The summed E-state index contributed by atoms with van der Waals surface area (Å²) in [6.45, 7) is 4.18. The van der Waals surface area contributed by atoms with Crippen LogP contribution in [-0.4, -0.2) is 53.7 Å². The lowest BCUT2D eigenvalue weighted by molar-refractivity contribution is -0.123. The molecule has 1 aromatic heterocycles. The smallest absolute Gasteiger partial charge is 0.270 e. The number of hydrogen-bond donors (Lipinski definition) is 2. The van der Waals surface area contributed by atoms with Gasteiger partial charge in [-0.15, -0.1) is 11.3 Å². The van der Waals surface area contributed by atoms with Crippen molar-refractivity contribution in [3.63, 3.8) is 0 Å². The number of ether oxygens (including phenoxy) is 1. The Balaban J connectivity index is 1.67. The van der Waals surface area contributed by atoms with Crippen molar-refractivity contribution in [1.82, 2.24) is 15.2 Å². The average Bonchev–Trinajstić information content (AvgIpc) is 3.20. The highest BCUT2D eigenvalue weighted by molar-refractivity contribution is 7.09. The fourth-order valence-electron chi connectivity index (χ4n) is 2.61. The number of hydrogen-bond acceptors (Lipinski definition) is 6. The van der Waals surface area contributed by atoms with Crippen LogP contribution >= 0.6 is 11.3 Å². The van der Waals surface area contributed by atoms with Crippen molar-refractivity contribution in [2.75, 3.05) is 26.4 Å². The number of aromatic nitrogens is 1. The molecule has 0 fully saturated rings. The minimum atomic E-state index is -0.190. The number of benzene rings is 1. The molecule has 0 aliphatic rings. The highest BCUT2D eigenvalue weighted by Crippen LogP contribution is 2.13. The second-order valence-corrected chi connectivity index (χ2v) is 7.65. The zero-order valence-corrected chi connectivity index (χ0v) is 17.6. The average molecular weight is 420 g/mol. The standard InChI is InChI=1S/C21H29N3O4S/c1-2-3-13-28-16-24(15-25)12-4-5-20-23-19(14-29-20)21(27)22-11-10-17-6-8-18(26)9-7-17/h6-9,14-15,26H,2-5,10-13,16H2,1H3,(H,22,27). The van der Waals surface area contributed by atoms with Gasteiger partial charge in [0.25, 0.3) is 5.91 Å². The molecule has 0 spiro atoms. The first-order chi connectivity index (χ1) is 14.1. The van der Waals surface area contributed by atoms with Crippen molar-refractivity contribution in [3.8, 4) is 5.75 Å². The Morgan fingerprint density at radius 2 is 2.07 bits per heavy atom. The molecule has 0 radical (unpaired) electrons. The lowest BCUT2D eigenvalue weighted by atomic mass is 10.1. The first-order valence-corrected chi connectivity index (χ1v) is 10.8. The summed E-state index contributed by atoms with van der Waals surface area (Å²) >= 11 is 1.46. The van der Waals surface area contributed by atoms with E-state index in [-0.39, 0.29) is 11.7 Å². The van der Waals surface area contributed by atoms with Crippen LogP contribution in [0.2, 0.25) is 0 Å². The molecule has 2 amide bonds. The third-order valence-electron chi connectivity index (χ3n) is 4.30.